The highest BCUT2D eigenvalue weighted by molar-refractivity contribution is 6.58. The Bertz CT molecular complexity index is 609. The summed E-state index contributed by atoms with van der Waals surface area (Å²) < 4.78 is 32.4. The van der Waals surface area contributed by atoms with Gasteiger partial charge in [0, 0.05) is 18.7 Å². The Labute approximate surface area is 202 Å². The number of ether oxygens (including phenoxy) is 6. The van der Waals surface area contributed by atoms with E-state index in [1.54, 1.807) is 0 Å². The Hall–Kier alpha value is -1.61. The summed E-state index contributed by atoms with van der Waals surface area (Å²) in [7, 11) is 0.337. The lowest BCUT2D eigenvalue weighted by Gasteiger charge is -2.09. The lowest BCUT2D eigenvalue weighted by Crippen LogP contribution is -2.31. The molecular formula is C22H39BN2O9. The van der Waals surface area contributed by atoms with E-state index in [9.17, 15) is 4.79 Å². The van der Waals surface area contributed by atoms with Gasteiger partial charge >= 0.3 is 7.12 Å². The Balaban J connectivity index is 1.78. The van der Waals surface area contributed by atoms with Gasteiger partial charge in [-0.1, -0.05) is 12.1 Å². The topological polar surface area (TPSA) is 137 Å². The van der Waals surface area contributed by atoms with Crippen LogP contribution in [0.15, 0.2) is 24.3 Å². The highest BCUT2D eigenvalue weighted by Gasteiger charge is 2.11. The van der Waals surface area contributed by atoms with E-state index in [1.165, 1.54) is 24.3 Å². The number of carbonyl (C=O) groups is 1. The van der Waals surface area contributed by atoms with Crippen LogP contribution in [0.3, 0.4) is 0 Å². The number of hydrogen-bond acceptors (Lipinski definition) is 10. The van der Waals surface area contributed by atoms with Gasteiger partial charge in [0.15, 0.2) is 0 Å². The van der Waals surface area contributed by atoms with E-state index >= 15 is 0 Å². The molecule has 34 heavy (non-hydrogen) atoms. The summed E-state index contributed by atoms with van der Waals surface area (Å²) in [5.41, 5.74) is 0.769. The van der Waals surface area contributed by atoms with E-state index in [-0.39, 0.29) is 5.91 Å². The highest BCUT2D eigenvalue weighted by atomic mass is 16.6. The van der Waals surface area contributed by atoms with Gasteiger partial charge in [0.25, 0.3) is 5.91 Å². The smallest absolute Gasteiger partial charge is 0.423 e. The maximum Gasteiger partial charge on any atom is 0.488 e. The van der Waals surface area contributed by atoms with Crippen molar-refractivity contribution in [3.05, 3.63) is 29.8 Å². The fourth-order valence-electron chi connectivity index (χ4n) is 2.52. The van der Waals surface area contributed by atoms with E-state index in [2.05, 4.69) is 10.6 Å². The van der Waals surface area contributed by atoms with E-state index < -0.39 is 7.12 Å². The molecule has 0 saturated carbocycles. The fourth-order valence-corrected chi connectivity index (χ4v) is 2.52. The van der Waals surface area contributed by atoms with Crippen molar-refractivity contribution < 1.29 is 43.3 Å². The van der Waals surface area contributed by atoms with E-state index in [0.29, 0.717) is 96.9 Å². The Morgan fingerprint density at radius 2 is 1.06 bits per heavy atom. The first-order chi connectivity index (χ1) is 16.6. The van der Waals surface area contributed by atoms with Crippen LogP contribution in [0.4, 0.5) is 0 Å². The van der Waals surface area contributed by atoms with Crippen molar-refractivity contribution in [3.63, 3.8) is 0 Å². The SMILES string of the molecule is CNCCOCCOCCOCCOCCOCCOCCNC(=O)c1ccc(B(O)O)cc1. The quantitative estimate of drug-likeness (QED) is 0.106. The molecular weight excluding hydrogens is 447 g/mol. The minimum absolute atomic E-state index is 0.252. The van der Waals surface area contributed by atoms with Crippen molar-refractivity contribution in [2.45, 2.75) is 0 Å². The summed E-state index contributed by atoms with van der Waals surface area (Å²) in [4.78, 5) is 12.0. The first-order valence-corrected chi connectivity index (χ1v) is 11.5. The lowest BCUT2D eigenvalue weighted by molar-refractivity contribution is -0.0163. The van der Waals surface area contributed by atoms with Gasteiger partial charge in [-0.3, -0.25) is 4.79 Å². The van der Waals surface area contributed by atoms with E-state index in [0.717, 1.165) is 6.54 Å². The summed E-state index contributed by atoms with van der Waals surface area (Å²) in [6.45, 7) is 7.25. The molecule has 1 rings (SSSR count). The van der Waals surface area contributed by atoms with Crippen LogP contribution in [0, 0.1) is 0 Å². The highest BCUT2D eigenvalue weighted by Crippen LogP contribution is 1.97. The molecule has 0 unspecified atom stereocenters. The van der Waals surface area contributed by atoms with Crippen LogP contribution in [-0.4, -0.2) is 122 Å². The van der Waals surface area contributed by atoms with Gasteiger partial charge in [-0.05, 0) is 24.6 Å². The molecule has 0 aliphatic heterocycles. The van der Waals surface area contributed by atoms with Gasteiger partial charge in [0.2, 0.25) is 0 Å². The van der Waals surface area contributed by atoms with Crippen LogP contribution in [0.2, 0.25) is 0 Å². The summed E-state index contributed by atoms with van der Waals surface area (Å²) in [6, 6.07) is 6.05. The maximum absolute atomic E-state index is 12.0. The monoisotopic (exact) mass is 486 g/mol. The normalized spacial score (nSPS) is 11.0. The molecule has 1 aromatic carbocycles. The number of amides is 1. The number of carbonyl (C=O) groups excluding carboxylic acids is 1. The third-order valence-electron chi connectivity index (χ3n) is 4.36. The second-order valence-corrected chi connectivity index (χ2v) is 7.03. The fraction of sp³-hybridized carbons (Fsp3) is 0.682. The molecule has 0 atom stereocenters. The summed E-state index contributed by atoms with van der Waals surface area (Å²) >= 11 is 0. The molecule has 1 aromatic rings. The van der Waals surface area contributed by atoms with Gasteiger partial charge in [0.05, 0.1) is 79.3 Å². The Morgan fingerprint density at radius 3 is 1.44 bits per heavy atom. The Kier molecular flexibility index (Phi) is 19.6. The van der Waals surface area contributed by atoms with Gasteiger partial charge in [-0.15, -0.1) is 0 Å². The minimum Gasteiger partial charge on any atom is -0.423 e. The summed E-state index contributed by atoms with van der Waals surface area (Å²) in [5, 5.41) is 23.8. The molecule has 12 heteroatoms. The molecule has 0 heterocycles. The number of nitrogens with one attached hydrogen (secondary N) is 2. The molecule has 0 bridgehead atoms. The lowest BCUT2D eigenvalue weighted by atomic mass is 9.80. The standard InChI is InChI=1S/C22H39BN2O9/c1-24-6-8-29-10-12-31-14-16-33-18-19-34-17-15-32-13-11-30-9-7-25-22(26)20-2-4-21(5-3-20)23(27)28/h2-5,24,27-28H,6-19H2,1H3,(H,25,26). The molecule has 11 nitrogen and oxygen atoms in total. The number of likely N-dealkylation sites (N-methyl/N-ethyl adjacent to an activating group) is 1. The molecule has 0 aliphatic carbocycles. The molecule has 0 spiro atoms. The van der Waals surface area contributed by atoms with Crippen LogP contribution in [-0.2, 0) is 28.4 Å². The predicted molar refractivity (Wildman–Crippen MR) is 127 cm³/mol. The number of rotatable bonds is 23. The van der Waals surface area contributed by atoms with Crippen LogP contribution in [0.5, 0.6) is 0 Å². The summed E-state index contributed by atoms with van der Waals surface area (Å²) in [5.74, 6) is -0.252. The zero-order chi connectivity index (χ0) is 24.7. The third kappa shape index (κ3) is 16.9. The van der Waals surface area contributed by atoms with Crippen LogP contribution in [0.1, 0.15) is 10.4 Å². The molecule has 0 aromatic heterocycles. The van der Waals surface area contributed by atoms with Crippen LogP contribution in [0.25, 0.3) is 0 Å². The Morgan fingerprint density at radius 1 is 0.676 bits per heavy atom. The third-order valence-corrected chi connectivity index (χ3v) is 4.36. The van der Waals surface area contributed by atoms with Gasteiger partial charge in [-0.25, -0.2) is 0 Å². The minimum atomic E-state index is -1.55. The second kappa shape index (κ2) is 21.9. The predicted octanol–water partition coefficient (Wildman–Crippen LogP) is -1.58. The van der Waals surface area contributed by atoms with Gasteiger partial charge in [-0.2, -0.15) is 0 Å². The first-order valence-electron chi connectivity index (χ1n) is 11.5. The zero-order valence-corrected chi connectivity index (χ0v) is 20.0. The molecule has 0 saturated heterocycles. The maximum atomic E-state index is 12.0. The van der Waals surface area contributed by atoms with Crippen LogP contribution >= 0.6 is 0 Å². The van der Waals surface area contributed by atoms with Crippen molar-refractivity contribution in [2.24, 2.45) is 0 Å². The number of benzene rings is 1. The molecule has 0 aliphatic rings. The number of hydrogen-bond donors (Lipinski definition) is 4. The average molecular weight is 486 g/mol. The van der Waals surface area contributed by atoms with Crippen molar-refractivity contribution in [1.82, 2.24) is 10.6 Å². The van der Waals surface area contributed by atoms with E-state index in [4.69, 9.17) is 38.5 Å². The van der Waals surface area contributed by atoms with Crippen molar-refractivity contribution in [3.8, 4) is 0 Å². The van der Waals surface area contributed by atoms with E-state index in [1.807, 2.05) is 7.05 Å². The van der Waals surface area contributed by atoms with Gasteiger partial charge in [0.1, 0.15) is 0 Å². The molecule has 0 radical (unpaired) electrons. The molecule has 194 valence electrons. The van der Waals surface area contributed by atoms with Crippen molar-refractivity contribution >= 4 is 18.5 Å². The largest absolute Gasteiger partial charge is 0.488 e. The van der Waals surface area contributed by atoms with Crippen molar-refractivity contribution in [2.75, 3.05) is 99.4 Å². The zero-order valence-electron chi connectivity index (χ0n) is 20.0. The van der Waals surface area contributed by atoms with Gasteiger partial charge < -0.3 is 49.1 Å². The van der Waals surface area contributed by atoms with Crippen LogP contribution < -0.4 is 16.1 Å². The average Bonchev–Trinajstić information content (AvgIpc) is 2.85. The first kappa shape index (κ1) is 30.4. The molecule has 0 fully saturated rings. The second-order valence-electron chi connectivity index (χ2n) is 7.03. The van der Waals surface area contributed by atoms with Crippen molar-refractivity contribution in [1.29, 1.82) is 0 Å². The summed E-state index contributed by atoms with van der Waals surface area (Å²) in [6.07, 6.45) is 0. The molecule has 4 N–H and O–H groups in total. The molecule has 1 amide bonds.